The van der Waals surface area contributed by atoms with E-state index in [1.807, 2.05) is 0 Å². The molecule has 118 valence electrons. The van der Waals surface area contributed by atoms with Crippen LogP contribution in [0.15, 0.2) is 48.0 Å². The van der Waals surface area contributed by atoms with Crippen LogP contribution in [0, 0.1) is 0 Å². The first-order valence-electron chi connectivity index (χ1n) is 6.71. The molecule has 0 aliphatic rings. The number of carbonyl (C=O) groups is 1. The molecule has 1 aromatic heterocycles. The number of amides is 1. The summed E-state index contributed by atoms with van der Waals surface area (Å²) >= 11 is 1.44. The van der Waals surface area contributed by atoms with Gasteiger partial charge in [0.25, 0.3) is 5.91 Å². The smallest absolute Gasteiger partial charge is 0.348 e. The minimum absolute atomic E-state index is 0.164. The van der Waals surface area contributed by atoms with Crippen molar-refractivity contribution in [1.29, 1.82) is 0 Å². The predicted octanol–water partition coefficient (Wildman–Crippen LogP) is 4.25. The predicted molar refractivity (Wildman–Crippen MR) is 82.2 cm³/mol. The third-order valence-corrected chi connectivity index (χ3v) is 4.12. The van der Waals surface area contributed by atoms with Crippen molar-refractivity contribution in [2.45, 2.75) is 12.7 Å². The lowest BCUT2D eigenvalue weighted by atomic mass is 10.1. The average molecular weight is 336 g/mol. The Morgan fingerprint density at radius 1 is 1.13 bits per heavy atom. The third-order valence-electron chi connectivity index (χ3n) is 3.33. The molecule has 0 bridgehead atoms. The molecule has 23 heavy (non-hydrogen) atoms. The normalized spacial score (nSPS) is 11.6. The van der Waals surface area contributed by atoms with Crippen LogP contribution in [-0.4, -0.2) is 10.9 Å². The molecule has 0 spiro atoms. The fourth-order valence-corrected chi connectivity index (χ4v) is 2.81. The number of alkyl halides is 3. The summed E-state index contributed by atoms with van der Waals surface area (Å²) in [6.45, 7) is 0.164. The Morgan fingerprint density at radius 2 is 1.87 bits per heavy atom. The molecule has 0 saturated carbocycles. The van der Waals surface area contributed by atoms with E-state index in [1.165, 1.54) is 23.5 Å². The fraction of sp³-hybridized carbons (Fsp3) is 0.125. The minimum Gasteiger partial charge on any atom is -0.348 e. The van der Waals surface area contributed by atoms with Gasteiger partial charge in [0.15, 0.2) is 0 Å². The molecule has 7 heteroatoms. The summed E-state index contributed by atoms with van der Waals surface area (Å²) in [5.41, 5.74) is 2.92. The van der Waals surface area contributed by atoms with Crippen LogP contribution in [0.5, 0.6) is 0 Å². The van der Waals surface area contributed by atoms with E-state index in [0.717, 1.165) is 22.3 Å². The molecule has 0 saturated heterocycles. The number of hydrogen-bond acceptors (Lipinski definition) is 3. The number of nitrogens with one attached hydrogen (secondary N) is 1. The highest BCUT2D eigenvalue weighted by molar-refractivity contribution is 7.16. The van der Waals surface area contributed by atoms with Crippen LogP contribution in [0.25, 0.3) is 10.2 Å². The molecule has 1 amide bonds. The van der Waals surface area contributed by atoms with Gasteiger partial charge in [-0.05, 0) is 35.9 Å². The molecule has 3 rings (SSSR count). The number of thiazole rings is 1. The van der Waals surface area contributed by atoms with Crippen LogP contribution in [0.2, 0.25) is 0 Å². The summed E-state index contributed by atoms with van der Waals surface area (Å²) in [5.74, 6) is -0.278. The van der Waals surface area contributed by atoms with Crippen molar-refractivity contribution in [2.24, 2.45) is 0 Å². The highest BCUT2D eigenvalue weighted by atomic mass is 32.1. The van der Waals surface area contributed by atoms with E-state index in [-0.39, 0.29) is 12.5 Å². The van der Waals surface area contributed by atoms with Gasteiger partial charge in [-0.15, -0.1) is 11.3 Å². The van der Waals surface area contributed by atoms with Crippen LogP contribution >= 0.6 is 11.3 Å². The Kier molecular flexibility index (Phi) is 4.04. The van der Waals surface area contributed by atoms with Crippen molar-refractivity contribution >= 4 is 27.5 Å². The summed E-state index contributed by atoms with van der Waals surface area (Å²) in [5, 5.41) is 2.69. The molecule has 0 radical (unpaired) electrons. The van der Waals surface area contributed by atoms with Crippen LogP contribution < -0.4 is 5.32 Å². The Morgan fingerprint density at radius 3 is 2.57 bits per heavy atom. The topological polar surface area (TPSA) is 42.0 Å². The molecule has 1 N–H and O–H groups in total. The van der Waals surface area contributed by atoms with Crippen molar-refractivity contribution in [2.75, 3.05) is 0 Å². The standard InChI is InChI=1S/C16H11F3N2OS/c17-16(18,19)12-4-1-10(2-5-12)8-20-15(22)11-3-6-13-14(7-11)23-9-21-13/h1-7,9H,8H2,(H,20,22). The Labute approximate surface area is 133 Å². The largest absolute Gasteiger partial charge is 0.416 e. The Hall–Kier alpha value is -2.41. The van der Waals surface area contributed by atoms with Gasteiger partial charge in [0.2, 0.25) is 0 Å². The van der Waals surface area contributed by atoms with Gasteiger partial charge in [-0.2, -0.15) is 13.2 Å². The first-order chi connectivity index (χ1) is 10.9. The van der Waals surface area contributed by atoms with Crippen molar-refractivity contribution in [3.8, 4) is 0 Å². The number of halogens is 3. The second-order valence-electron chi connectivity index (χ2n) is 4.91. The first-order valence-corrected chi connectivity index (χ1v) is 7.59. The summed E-state index contributed by atoms with van der Waals surface area (Å²) in [6.07, 6.45) is -4.36. The summed E-state index contributed by atoms with van der Waals surface area (Å²) in [7, 11) is 0. The quantitative estimate of drug-likeness (QED) is 0.777. The zero-order valence-electron chi connectivity index (χ0n) is 11.7. The monoisotopic (exact) mass is 336 g/mol. The van der Waals surface area contributed by atoms with E-state index >= 15 is 0 Å². The van der Waals surface area contributed by atoms with Gasteiger partial charge in [0.05, 0.1) is 21.3 Å². The number of aromatic nitrogens is 1. The van der Waals surface area contributed by atoms with Crippen molar-refractivity contribution in [3.63, 3.8) is 0 Å². The van der Waals surface area contributed by atoms with Gasteiger partial charge < -0.3 is 5.32 Å². The van der Waals surface area contributed by atoms with Crippen LogP contribution in [0.3, 0.4) is 0 Å². The van der Waals surface area contributed by atoms with E-state index in [4.69, 9.17) is 0 Å². The van der Waals surface area contributed by atoms with Gasteiger partial charge in [-0.3, -0.25) is 4.79 Å². The maximum Gasteiger partial charge on any atom is 0.416 e. The second kappa shape index (κ2) is 6.00. The number of fused-ring (bicyclic) bond motifs is 1. The highest BCUT2D eigenvalue weighted by Crippen LogP contribution is 2.29. The van der Waals surface area contributed by atoms with Gasteiger partial charge in [0.1, 0.15) is 0 Å². The van der Waals surface area contributed by atoms with E-state index in [2.05, 4.69) is 10.3 Å². The maximum atomic E-state index is 12.5. The molecule has 1 heterocycles. The lowest BCUT2D eigenvalue weighted by molar-refractivity contribution is -0.137. The molecule has 0 fully saturated rings. The third kappa shape index (κ3) is 3.50. The zero-order chi connectivity index (χ0) is 16.4. The van der Waals surface area contributed by atoms with E-state index in [1.54, 1.807) is 23.7 Å². The lowest BCUT2D eigenvalue weighted by Gasteiger charge is -2.08. The number of carbonyl (C=O) groups excluding carboxylic acids is 1. The van der Waals surface area contributed by atoms with Crippen LogP contribution in [0.4, 0.5) is 13.2 Å². The van der Waals surface area contributed by atoms with Crippen molar-refractivity contribution in [1.82, 2.24) is 10.3 Å². The fourth-order valence-electron chi connectivity index (χ4n) is 2.09. The number of benzene rings is 2. The molecule has 0 unspecified atom stereocenters. The molecule has 3 nitrogen and oxygen atoms in total. The summed E-state index contributed by atoms with van der Waals surface area (Å²) < 4.78 is 38.4. The molecule has 3 aromatic rings. The zero-order valence-corrected chi connectivity index (χ0v) is 12.5. The van der Waals surface area contributed by atoms with E-state index in [9.17, 15) is 18.0 Å². The Balaban J connectivity index is 1.66. The second-order valence-corrected chi connectivity index (χ2v) is 5.80. The van der Waals surface area contributed by atoms with E-state index < -0.39 is 11.7 Å². The number of nitrogens with zero attached hydrogens (tertiary/aromatic N) is 1. The number of hydrogen-bond donors (Lipinski definition) is 1. The van der Waals surface area contributed by atoms with Crippen LogP contribution in [-0.2, 0) is 12.7 Å². The Bertz CT molecular complexity index is 840. The maximum absolute atomic E-state index is 12.5. The molecular formula is C16H11F3N2OS. The molecular weight excluding hydrogens is 325 g/mol. The molecule has 0 aliphatic carbocycles. The van der Waals surface area contributed by atoms with Crippen molar-refractivity contribution in [3.05, 3.63) is 64.7 Å². The lowest BCUT2D eigenvalue weighted by Crippen LogP contribution is -2.22. The first kappa shape index (κ1) is 15.5. The SMILES string of the molecule is O=C(NCc1ccc(C(F)(F)F)cc1)c1ccc2ncsc2c1. The molecule has 2 aromatic carbocycles. The van der Waals surface area contributed by atoms with E-state index in [0.29, 0.717) is 11.1 Å². The molecule has 0 atom stereocenters. The van der Waals surface area contributed by atoms with Gasteiger partial charge in [-0.25, -0.2) is 4.98 Å². The van der Waals surface area contributed by atoms with Crippen molar-refractivity contribution < 1.29 is 18.0 Å². The highest BCUT2D eigenvalue weighted by Gasteiger charge is 2.29. The number of rotatable bonds is 3. The molecule has 0 aliphatic heterocycles. The van der Waals surface area contributed by atoms with Gasteiger partial charge in [-0.1, -0.05) is 12.1 Å². The van der Waals surface area contributed by atoms with Gasteiger partial charge in [0, 0.05) is 12.1 Å². The minimum atomic E-state index is -4.36. The van der Waals surface area contributed by atoms with Crippen LogP contribution in [0.1, 0.15) is 21.5 Å². The average Bonchev–Trinajstić information content (AvgIpc) is 2.99. The summed E-state index contributed by atoms with van der Waals surface area (Å²) in [4.78, 5) is 16.2. The van der Waals surface area contributed by atoms with Gasteiger partial charge >= 0.3 is 6.18 Å². The summed E-state index contributed by atoms with van der Waals surface area (Å²) in [6, 6.07) is 9.90.